The molecule has 0 aliphatic heterocycles. The van der Waals surface area contributed by atoms with Crippen molar-refractivity contribution in [2.75, 3.05) is 12.8 Å². The molecule has 17 heavy (non-hydrogen) atoms. The number of nitrogens with two attached hydrogens (primary N) is 1. The zero-order chi connectivity index (χ0) is 12.4. The highest BCUT2D eigenvalue weighted by Gasteiger charge is 2.25. The minimum Gasteiger partial charge on any atom is -0.383 e. The van der Waals surface area contributed by atoms with Crippen molar-refractivity contribution < 1.29 is 4.79 Å². The third-order valence-electron chi connectivity index (χ3n) is 3.31. The quantitative estimate of drug-likeness (QED) is 0.912. The Balaban J connectivity index is 2.20. The first-order valence-electron chi connectivity index (χ1n) is 5.78. The van der Waals surface area contributed by atoms with Crippen molar-refractivity contribution in [3.05, 3.63) is 22.3 Å². The number of amides is 1. The highest BCUT2D eigenvalue weighted by atomic mass is 79.9. The van der Waals surface area contributed by atoms with E-state index >= 15 is 0 Å². The zero-order valence-corrected chi connectivity index (χ0v) is 11.4. The van der Waals surface area contributed by atoms with Gasteiger partial charge in [0.15, 0.2) is 0 Å². The number of hydrogen-bond acceptors (Lipinski definition) is 3. The standard InChI is InChI=1S/C12H16BrN3O/c1-16(9-4-2-3-5-9)12(17)10-6-8(13)7-15-11(10)14/h6-7,9H,2-5H2,1H3,(H2,14,15). The van der Waals surface area contributed by atoms with Gasteiger partial charge in [0.2, 0.25) is 0 Å². The monoisotopic (exact) mass is 297 g/mol. The molecular formula is C12H16BrN3O. The largest absolute Gasteiger partial charge is 0.383 e. The highest BCUT2D eigenvalue weighted by molar-refractivity contribution is 9.10. The van der Waals surface area contributed by atoms with Crippen molar-refractivity contribution in [2.45, 2.75) is 31.7 Å². The lowest BCUT2D eigenvalue weighted by molar-refractivity contribution is 0.0736. The summed E-state index contributed by atoms with van der Waals surface area (Å²) in [5.74, 6) is 0.256. The first-order chi connectivity index (χ1) is 8.09. The van der Waals surface area contributed by atoms with Crippen molar-refractivity contribution in [1.82, 2.24) is 9.88 Å². The van der Waals surface area contributed by atoms with Crippen LogP contribution < -0.4 is 5.73 Å². The number of carbonyl (C=O) groups is 1. The summed E-state index contributed by atoms with van der Waals surface area (Å²) < 4.78 is 0.773. The molecule has 1 aromatic rings. The third-order valence-corrected chi connectivity index (χ3v) is 3.74. The van der Waals surface area contributed by atoms with Crippen LogP contribution in [-0.4, -0.2) is 28.9 Å². The van der Waals surface area contributed by atoms with Gasteiger partial charge in [-0.3, -0.25) is 4.79 Å². The van der Waals surface area contributed by atoms with Gasteiger partial charge in [0.25, 0.3) is 5.91 Å². The maximum absolute atomic E-state index is 12.3. The van der Waals surface area contributed by atoms with Crippen LogP contribution in [0.2, 0.25) is 0 Å². The van der Waals surface area contributed by atoms with Crippen molar-refractivity contribution in [2.24, 2.45) is 0 Å². The van der Waals surface area contributed by atoms with Gasteiger partial charge in [0, 0.05) is 23.8 Å². The maximum atomic E-state index is 12.3. The molecule has 0 saturated heterocycles. The van der Waals surface area contributed by atoms with Crippen LogP contribution in [0, 0.1) is 0 Å². The summed E-state index contributed by atoms with van der Waals surface area (Å²) in [6.45, 7) is 0. The van der Waals surface area contributed by atoms with Crippen molar-refractivity contribution in [3.8, 4) is 0 Å². The van der Waals surface area contributed by atoms with E-state index in [1.165, 1.54) is 12.8 Å². The number of pyridine rings is 1. The predicted molar refractivity (Wildman–Crippen MR) is 70.7 cm³/mol. The molecule has 1 saturated carbocycles. The van der Waals surface area contributed by atoms with Crippen LogP contribution in [0.1, 0.15) is 36.0 Å². The van der Waals surface area contributed by atoms with Gasteiger partial charge in [-0.1, -0.05) is 12.8 Å². The Kier molecular flexibility index (Phi) is 3.66. The first-order valence-corrected chi connectivity index (χ1v) is 6.57. The second-order valence-electron chi connectivity index (χ2n) is 4.44. The molecule has 1 heterocycles. The Morgan fingerprint density at radius 3 is 2.82 bits per heavy atom. The average molecular weight is 298 g/mol. The normalized spacial score (nSPS) is 16.1. The van der Waals surface area contributed by atoms with E-state index in [4.69, 9.17) is 5.73 Å². The number of carbonyl (C=O) groups excluding carboxylic acids is 1. The Bertz CT molecular complexity index is 430. The molecule has 0 radical (unpaired) electrons. The number of hydrogen-bond donors (Lipinski definition) is 1. The van der Waals surface area contributed by atoms with E-state index in [9.17, 15) is 4.79 Å². The number of nitrogens with zero attached hydrogens (tertiary/aromatic N) is 2. The summed E-state index contributed by atoms with van der Waals surface area (Å²) in [4.78, 5) is 18.1. The predicted octanol–water partition coefficient (Wildman–Crippen LogP) is 2.44. The molecule has 0 atom stereocenters. The Morgan fingerprint density at radius 1 is 1.53 bits per heavy atom. The highest BCUT2D eigenvalue weighted by Crippen LogP contribution is 2.25. The van der Waals surface area contributed by atoms with Crippen LogP contribution in [0.5, 0.6) is 0 Å². The Morgan fingerprint density at radius 2 is 2.18 bits per heavy atom. The van der Waals surface area contributed by atoms with Gasteiger partial charge in [0.1, 0.15) is 5.82 Å². The third kappa shape index (κ3) is 2.60. The SMILES string of the molecule is CN(C(=O)c1cc(Br)cnc1N)C1CCCC1. The summed E-state index contributed by atoms with van der Waals surface area (Å²) in [5, 5.41) is 0. The van der Waals surface area contributed by atoms with Gasteiger partial charge >= 0.3 is 0 Å². The van der Waals surface area contributed by atoms with Crippen LogP contribution in [0.25, 0.3) is 0 Å². The molecule has 1 aliphatic rings. The number of aromatic nitrogens is 1. The summed E-state index contributed by atoms with van der Waals surface area (Å²) in [6.07, 6.45) is 6.18. The lowest BCUT2D eigenvalue weighted by atomic mass is 10.1. The summed E-state index contributed by atoms with van der Waals surface area (Å²) in [6, 6.07) is 2.08. The van der Waals surface area contributed by atoms with Crippen molar-refractivity contribution in [1.29, 1.82) is 0 Å². The Hall–Kier alpha value is -1.10. The summed E-state index contributed by atoms with van der Waals surface area (Å²) in [5.41, 5.74) is 6.23. The smallest absolute Gasteiger partial charge is 0.257 e. The molecule has 0 aromatic carbocycles. The van der Waals surface area contributed by atoms with E-state index < -0.39 is 0 Å². The maximum Gasteiger partial charge on any atom is 0.257 e. The van der Waals surface area contributed by atoms with Gasteiger partial charge < -0.3 is 10.6 Å². The van der Waals surface area contributed by atoms with E-state index in [2.05, 4.69) is 20.9 Å². The van der Waals surface area contributed by atoms with Crippen LogP contribution in [0.15, 0.2) is 16.7 Å². The lowest BCUT2D eigenvalue weighted by Crippen LogP contribution is -2.35. The van der Waals surface area contributed by atoms with Crippen molar-refractivity contribution in [3.63, 3.8) is 0 Å². The van der Waals surface area contributed by atoms with Gasteiger partial charge in [-0.15, -0.1) is 0 Å². The minimum atomic E-state index is -0.0387. The number of nitrogen functional groups attached to an aromatic ring is 1. The van der Waals surface area contributed by atoms with Crippen LogP contribution >= 0.6 is 15.9 Å². The van der Waals surface area contributed by atoms with Crippen molar-refractivity contribution >= 4 is 27.7 Å². The molecule has 1 fully saturated rings. The van der Waals surface area contributed by atoms with E-state index in [-0.39, 0.29) is 5.91 Å². The molecule has 2 rings (SSSR count). The van der Waals surface area contributed by atoms with Gasteiger partial charge in [-0.2, -0.15) is 0 Å². The molecule has 1 amide bonds. The molecule has 0 spiro atoms. The topological polar surface area (TPSA) is 59.2 Å². The van der Waals surface area contributed by atoms with Gasteiger partial charge in [-0.05, 0) is 34.8 Å². The molecule has 0 bridgehead atoms. The molecule has 5 heteroatoms. The molecule has 4 nitrogen and oxygen atoms in total. The number of halogens is 1. The lowest BCUT2D eigenvalue weighted by Gasteiger charge is -2.24. The molecule has 1 aromatic heterocycles. The average Bonchev–Trinajstić information content (AvgIpc) is 2.84. The van der Waals surface area contributed by atoms with Gasteiger partial charge in [-0.25, -0.2) is 4.98 Å². The minimum absolute atomic E-state index is 0.0387. The number of rotatable bonds is 2. The second kappa shape index (κ2) is 5.04. The zero-order valence-electron chi connectivity index (χ0n) is 9.82. The fraction of sp³-hybridized carbons (Fsp3) is 0.500. The Labute approximate surface area is 109 Å². The molecule has 2 N–H and O–H groups in total. The van der Waals surface area contributed by atoms with Crippen LogP contribution in [0.3, 0.4) is 0 Å². The fourth-order valence-corrected chi connectivity index (χ4v) is 2.60. The van der Waals surface area contributed by atoms with Gasteiger partial charge in [0.05, 0.1) is 5.56 Å². The van der Waals surface area contributed by atoms with E-state index in [1.807, 2.05) is 7.05 Å². The second-order valence-corrected chi connectivity index (χ2v) is 5.36. The molecule has 1 aliphatic carbocycles. The molecule has 92 valence electrons. The number of anilines is 1. The van der Waals surface area contributed by atoms with E-state index in [0.29, 0.717) is 17.4 Å². The summed E-state index contributed by atoms with van der Waals surface area (Å²) in [7, 11) is 1.85. The van der Waals surface area contributed by atoms with E-state index in [0.717, 1.165) is 17.3 Å². The first kappa shape index (κ1) is 12.4. The van der Waals surface area contributed by atoms with Crippen LogP contribution in [0.4, 0.5) is 5.82 Å². The summed E-state index contributed by atoms with van der Waals surface area (Å²) >= 11 is 3.31. The molecule has 0 unspecified atom stereocenters. The van der Waals surface area contributed by atoms with E-state index in [1.54, 1.807) is 17.2 Å². The van der Waals surface area contributed by atoms with Crippen LogP contribution in [-0.2, 0) is 0 Å². The fourth-order valence-electron chi connectivity index (χ4n) is 2.27. The molecular weight excluding hydrogens is 282 g/mol.